The molecule has 19 heavy (non-hydrogen) atoms. The van der Waals surface area contributed by atoms with Crippen LogP contribution in [0.15, 0.2) is 0 Å². The monoisotopic (exact) mass is 269 g/mol. The highest BCUT2D eigenvalue weighted by Crippen LogP contribution is 2.33. The number of carboxylic acids is 1. The maximum absolute atomic E-state index is 12.1. The molecular formula is C14H23NO4. The third-order valence-corrected chi connectivity index (χ3v) is 4.18. The fourth-order valence-corrected chi connectivity index (χ4v) is 2.99. The summed E-state index contributed by atoms with van der Waals surface area (Å²) < 4.78 is 5.48. The molecule has 0 spiro atoms. The van der Waals surface area contributed by atoms with E-state index in [4.69, 9.17) is 9.84 Å². The van der Waals surface area contributed by atoms with Gasteiger partial charge in [0.2, 0.25) is 5.91 Å². The third kappa shape index (κ3) is 3.69. The van der Waals surface area contributed by atoms with Crippen LogP contribution >= 0.6 is 0 Å². The Morgan fingerprint density at radius 3 is 2.74 bits per heavy atom. The Labute approximate surface area is 113 Å². The zero-order valence-corrected chi connectivity index (χ0v) is 11.5. The van der Waals surface area contributed by atoms with E-state index in [0.29, 0.717) is 38.0 Å². The minimum absolute atomic E-state index is 0.117. The predicted octanol–water partition coefficient (Wildman–Crippen LogP) is 1.51. The normalized spacial score (nSPS) is 30.8. The summed E-state index contributed by atoms with van der Waals surface area (Å²) in [5.41, 5.74) is 0. The van der Waals surface area contributed by atoms with E-state index in [9.17, 15) is 9.59 Å². The van der Waals surface area contributed by atoms with E-state index in [-0.39, 0.29) is 11.8 Å². The van der Waals surface area contributed by atoms with Crippen molar-refractivity contribution in [3.8, 4) is 0 Å². The molecule has 0 aromatic rings. The fraction of sp³-hybridized carbons (Fsp3) is 0.857. The van der Waals surface area contributed by atoms with Gasteiger partial charge in [0.1, 0.15) is 0 Å². The summed E-state index contributed by atoms with van der Waals surface area (Å²) in [4.78, 5) is 24.8. The lowest BCUT2D eigenvalue weighted by Crippen LogP contribution is -2.44. The molecule has 1 saturated carbocycles. The average molecular weight is 269 g/mol. The van der Waals surface area contributed by atoms with Crippen molar-refractivity contribution in [1.29, 1.82) is 0 Å². The molecule has 1 heterocycles. The standard InChI is InChI=1S/C14H23NO4/c1-2-19-12-6-10(7-12)8-13(16)15-5-3-4-11(9-15)14(17)18/h10-12H,2-9H2,1H3,(H,17,18). The molecule has 2 rings (SSSR count). The lowest BCUT2D eigenvalue weighted by atomic mass is 9.79. The Morgan fingerprint density at radius 1 is 1.37 bits per heavy atom. The molecule has 2 aliphatic rings. The molecule has 1 saturated heterocycles. The van der Waals surface area contributed by atoms with Crippen LogP contribution in [0.25, 0.3) is 0 Å². The van der Waals surface area contributed by atoms with Gasteiger partial charge in [-0.05, 0) is 38.5 Å². The molecular weight excluding hydrogens is 246 g/mol. The van der Waals surface area contributed by atoms with Gasteiger partial charge < -0.3 is 14.7 Å². The fourth-order valence-electron chi connectivity index (χ4n) is 2.99. The van der Waals surface area contributed by atoms with Crippen molar-refractivity contribution in [1.82, 2.24) is 4.90 Å². The number of carbonyl (C=O) groups is 2. The van der Waals surface area contributed by atoms with E-state index >= 15 is 0 Å². The van der Waals surface area contributed by atoms with Gasteiger partial charge in [-0.2, -0.15) is 0 Å². The highest BCUT2D eigenvalue weighted by Gasteiger charge is 2.34. The van der Waals surface area contributed by atoms with Crippen molar-refractivity contribution < 1.29 is 19.4 Å². The Balaban J connectivity index is 1.73. The SMILES string of the molecule is CCOC1CC(CC(=O)N2CCCC(C(=O)O)C2)C1. The van der Waals surface area contributed by atoms with Gasteiger partial charge >= 0.3 is 5.97 Å². The largest absolute Gasteiger partial charge is 0.481 e. The van der Waals surface area contributed by atoms with Gasteiger partial charge in [0.15, 0.2) is 0 Å². The van der Waals surface area contributed by atoms with Crippen molar-refractivity contribution in [3.05, 3.63) is 0 Å². The Morgan fingerprint density at radius 2 is 2.11 bits per heavy atom. The van der Waals surface area contributed by atoms with E-state index in [0.717, 1.165) is 25.9 Å². The van der Waals surface area contributed by atoms with Gasteiger partial charge in [0.25, 0.3) is 0 Å². The quantitative estimate of drug-likeness (QED) is 0.821. The minimum atomic E-state index is -0.780. The predicted molar refractivity (Wildman–Crippen MR) is 69.7 cm³/mol. The molecule has 0 radical (unpaired) electrons. The molecule has 1 amide bonds. The van der Waals surface area contributed by atoms with Crippen LogP contribution in [-0.2, 0) is 14.3 Å². The van der Waals surface area contributed by atoms with Crippen LogP contribution < -0.4 is 0 Å². The van der Waals surface area contributed by atoms with Gasteiger partial charge in [-0.15, -0.1) is 0 Å². The number of amides is 1. The van der Waals surface area contributed by atoms with Crippen molar-refractivity contribution in [2.24, 2.45) is 11.8 Å². The summed E-state index contributed by atoms with van der Waals surface area (Å²) in [6.07, 6.45) is 4.31. The molecule has 2 fully saturated rings. The van der Waals surface area contributed by atoms with Crippen LogP contribution in [0.1, 0.15) is 39.0 Å². The smallest absolute Gasteiger partial charge is 0.308 e. The Kier molecular flexibility index (Phi) is 4.80. The zero-order valence-electron chi connectivity index (χ0n) is 11.5. The first-order chi connectivity index (χ1) is 9.10. The first kappa shape index (κ1) is 14.3. The highest BCUT2D eigenvalue weighted by atomic mass is 16.5. The molecule has 0 bridgehead atoms. The van der Waals surface area contributed by atoms with E-state index in [1.54, 1.807) is 4.90 Å². The summed E-state index contributed by atoms with van der Waals surface area (Å²) in [5, 5.41) is 9.02. The van der Waals surface area contributed by atoms with Crippen LogP contribution in [0.4, 0.5) is 0 Å². The number of hydrogen-bond donors (Lipinski definition) is 1. The molecule has 5 heteroatoms. The molecule has 1 N–H and O–H groups in total. The molecule has 1 aliphatic heterocycles. The van der Waals surface area contributed by atoms with Crippen molar-refractivity contribution in [2.45, 2.75) is 45.1 Å². The number of nitrogens with zero attached hydrogens (tertiary/aromatic N) is 1. The first-order valence-corrected chi connectivity index (χ1v) is 7.22. The van der Waals surface area contributed by atoms with Gasteiger partial charge in [0.05, 0.1) is 12.0 Å². The summed E-state index contributed by atoms with van der Waals surface area (Å²) in [6.45, 7) is 3.82. The number of hydrogen-bond acceptors (Lipinski definition) is 3. The number of ether oxygens (including phenoxy) is 1. The average Bonchev–Trinajstić information content (AvgIpc) is 2.36. The molecule has 0 aromatic carbocycles. The lowest BCUT2D eigenvalue weighted by Gasteiger charge is -2.37. The van der Waals surface area contributed by atoms with Crippen molar-refractivity contribution in [2.75, 3.05) is 19.7 Å². The van der Waals surface area contributed by atoms with E-state index < -0.39 is 5.97 Å². The maximum atomic E-state index is 12.1. The molecule has 5 nitrogen and oxygen atoms in total. The molecule has 1 atom stereocenters. The molecule has 0 aromatic heterocycles. The molecule has 1 unspecified atom stereocenters. The van der Waals surface area contributed by atoms with Gasteiger partial charge in [-0.3, -0.25) is 9.59 Å². The number of carboxylic acid groups (broad SMARTS) is 1. The molecule has 1 aliphatic carbocycles. The lowest BCUT2D eigenvalue weighted by molar-refractivity contribution is -0.146. The minimum Gasteiger partial charge on any atom is -0.481 e. The summed E-state index contributed by atoms with van der Waals surface area (Å²) in [7, 11) is 0. The van der Waals surface area contributed by atoms with Crippen LogP contribution in [0.3, 0.4) is 0 Å². The summed E-state index contributed by atoms with van der Waals surface area (Å²) in [5.74, 6) is -0.618. The maximum Gasteiger partial charge on any atom is 0.308 e. The Bertz CT molecular complexity index is 338. The number of aliphatic carboxylic acids is 1. The van der Waals surface area contributed by atoms with Gasteiger partial charge in [0, 0.05) is 26.1 Å². The van der Waals surface area contributed by atoms with Crippen molar-refractivity contribution >= 4 is 11.9 Å². The van der Waals surface area contributed by atoms with Crippen LogP contribution in [0, 0.1) is 11.8 Å². The zero-order chi connectivity index (χ0) is 13.8. The van der Waals surface area contributed by atoms with Crippen LogP contribution in [0.2, 0.25) is 0 Å². The summed E-state index contributed by atoms with van der Waals surface area (Å²) in [6, 6.07) is 0. The Hall–Kier alpha value is -1.10. The second kappa shape index (κ2) is 6.37. The highest BCUT2D eigenvalue weighted by molar-refractivity contribution is 5.78. The topological polar surface area (TPSA) is 66.8 Å². The van der Waals surface area contributed by atoms with Crippen LogP contribution in [0.5, 0.6) is 0 Å². The number of likely N-dealkylation sites (tertiary alicyclic amines) is 1. The van der Waals surface area contributed by atoms with Crippen molar-refractivity contribution in [3.63, 3.8) is 0 Å². The first-order valence-electron chi connectivity index (χ1n) is 7.22. The van der Waals surface area contributed by atoms with Crippen LogP contribution in [-0.4, -0.2) is 47.7 Å². The van der Waals surface area contributed by atoms with Gasteiger partial charge in [-0.25, -0.2) is 0 Å². The van der Waals surface area contributed by atoms with E-state index in [1.165, 1.54) is 0 Å². The third-order valence-electron chi connectivity index (χ3n) is 4.18. The second-order valence-electron chi connectivity index (χ2n) is 5.64. The summed E-state index contributed by atoms with van der Waals surface area (Å²) >= 11 is 0. The second-order valence-corrected chi connectivity index (χ2v) is 5.64. The number of carbonyl (C=O) groups excluding carboxylic acids is 1. The van der Waals surface area contributed by atoms with Gasteiger partial charge in [-0.1, -0.05) is 0 Å². The number of piperidine rings is 1. The number of rotatable bonds is 5. The van der Waals surface area contributed by atoms with E-state index in [1.807, 2.05) is 6.92 Å². The van der Waals surface area contributed by atoms with E-state index in [2.05, 4.69) is 0 Å². The molecule has 108 valence electrons.